The monoisotopic (exact) mass is 405 g/mol. The number of rotatable bonds is 7. The molecule has 0 aliphatic carbocycles. The quantitative estimate of drug-likeness (QED) is 0.555. The van der Waals surface area contributed by atoms with Gasteiger partial charge >= 0.3 is 5.97 Å². The van der Waals surface area contributed by atoms with Crippen molar-refractivity contribution in [2.75, 3.05) is 13.7 Å². The van der Waals surface area contributed by atoms with Gasteiger partial charge in [0.1, 0.15) is 10.8 Å². The number of nitrogens with zero attached hydrogens (tertiary/aromatic N) is 3. The maximum Gasteiger partial charge on any atom is 0.361 e. The molecule has 0 amide bonds. The molecule has 1 heterocycles. The molecule has 0 aliphatic heterocycles. The zero-order valence-corrected chi connectivity index (χ0v) is 16.0. The van der Waals surface area contributed by atoms with Crippen LogP contribution in [0.15, 0.2) is 52.4 Å². The molecule has 0 saturated heterocycles. The van der Waals surface area contributed by atoms with Crippen LogP contribution in [0, 0.1) is 11.6 Å². The molecular formula is C19H17F2N3O3S. The third-order valence-corrected chi connectivity index (χ3v) is 4.84. The zero-order valence-electron chi connectivity index (χ0n) is 15.2. The van der Waals surface area contributed by atoms with E-state index in [1.54, 1.807) is 26.2 Å². The molecule has 9 heteroatoms. The van der Waals surface area contributed by atoms with Gasteiger partial charge in [-0.25, -0.2) is 18.3 Å². The molecule has 3 aromatic rings. The summed E-state index contributed by atoms with van der Waals surface area (Å²) in [7, 11) is 1.58. The molecule has 6 nitrogen and oxygen atoms in total. The Bertz CT molecular complexity index is 977. The number of benzene rings is 2. The number of ether oxygens (including phenoxy) is 2. The van der Waals surface area contributed by atoms with Crippen LogP contribution in [0.5, 0.6) is 5.75 Å². The van der Waals surface area contributed by atoms with Crippen LogP contribution in [-0.4, -0.2) is 34.7 Å². The number of carbonyl (C=O) groups is 1. The van der Waals surface area contributed by atoms with Crippen molar-refractivity contribution >= 4 is 17.7 Å². The van der Waals surface area contributed by atoms with Crippen LogP contribution < -0.4 is 4.74 Å². The topological polar surface area (TPSA) is 66.2 Å². The van der Waals surface area contributed by atoms with E-state index in [1.165, 1.54) is 10.7 Å². The minimum Gasteiger partial charge on any atom is -0.497 e. The minimum absolute atomic E-state index is 0.0186. The second-order valence-electron chi connectivity index (χ2n) is 5.65. The van der Waals surface area contributed by atoms with E-state index in [1.807, 2.05) is 12.1 Å². The summed E-state index contributed by atoms with van der Waals surface area (Å²) in [5.74, 6) is -1.84. The lowest BCUT2D eigenvalue weighted by atomic mass is 10.2. The van der Waals surface area contributed by atoms with Gasteiger partial charge in [0.05, 0.1) is 20.3 Å². The van der Waals surface area contributed by atoms with Crippen molar-refractivity contribution in [2.45, 2.75) is 23.4 Å². The maximum atomic E-state index is 13.6. The zero-order chi connectivity index (χ0) is 20.1. The predicted molar refractivity (Wildman–Crippen MR) is 98.6 cm³/mol. The molecule has 28 heavy (non-hydrogen) atoms. The predicted octanol–water partition coefficient (Wildman–Crippen LogP) is 3.94. The van der Waals surface area contributed by atoms with E-state index in [2.05, 4.69) is 10.3 Å². The maximum absolute atomic E-state index is 13.6. The Morgan fingerprint density at radius 2 is 1.89 bits per heavy atom. The van der Waals surface area contributed by atoms with Crippen LogP contribution in [0.1, 0.15) is 23.0 Å². The summed E-state index contributed by atoms with van der Waals surface area (Å²) in [6, 6.07) is 10.8. The third kappa shape index (κ3) is 4.48. The molecule has 0 unspecified atom stereocenters. The summed E-state index contributed by atoms with van der Waals surface area (Å²) >= 11 is 1.06. The van der Waals surface area contributed by atoms with E-state index in [4.69, 9.17) is 9.47 Å². The molecule has 0 fully saturated rings. The number of aromatic nitrogens is 3. The number of hydrogen-bond donors (Lipinski definition) is 0. The first kappa shape index (κ1) is 19.8. The smallest absolute Gasteiger partial charge is 0.361 e. The number of carbonyl (C=O) groups excluding carboxylic acids is 1. The Balaban J connectivity index is 1.94. The van der Waals surface area contributed by atoms with E-state index >= 15 is 0 Å². The van der Waals surface area contributed by atoms with Gasteiger partial charge in [-0.2, -0.15) is 0 Å². The van der Waals surface area contributed by atoms with Crippen LogP contribution in [0.25, 0.3) is 0 Å². The summed E-state index contributed by atoms with van der Waals surface area (Å²) in [6.07, 6.45) is 0. The summed E-state index contributed by atoms with van der Waals surface area (Å²) < 4.78 is 38.5. The van der Waals surface area contributed by atoms with Crippen molar-refractivity contribution < 1.29 is 23.0 Å². The highest BCUT2D eigenvalue weighted by molar-refractivity contribution is 7.99. The molecule has 2 aromatic carbocycles. The molecule has 3 rings (SSSR count). The van der Waals surface area contributed by atoms with Crippen LogP contribution in [0.2, 0.25) is 0 Å². The van der Waals surface area contributed by atoms with Gasteiger partial charge in [0.25, 0.3) is 0 Å². The van der Waals surface area contributed by atoms with Crippen LogP contribution in [0.4, 0.5) is 8.78 Å². The number of hydrogen-bond acceptors (Lipinski definition) is 6. The van der Waals surface area contributed by atoms with Crippen LogP contribution >= 0.6 is 11.8 Å². The Hall–Kier alpha value is -2.94. The van der Waals surface area contributed by atoms with E-state index in [9.17, 15) is 13.6 Å². The normalized spacial score (nSPS) is 10.7. The molecule has 0 atom stereocenters. The fourth-order valence-corrected chi connectivity index (χ4v) is 3.34. The lowest BCUT2D eigenvalue weighted by molar-refractivity contribution is 0.0515. The van der Waals surface area contributed by atoms with Gasteiger partial charge in [-0.1, -0.05) is 29.1 Å². The molecule has 0 saturated carbocycles. The van der Waals surface area contributed by atoms with Crippen LogP contribution in [0.3, 0.4) is 0 Å². The number of esters is 1. The van der Waals surface area contributed by atoms with E-state index in [-0.39, 0.29) is 12.3 Å². The molecule has 0 bridgehead atoms. The minimum atomic E-state index is -0.975. The third-order valence-electron chi connectivity index (χ3n) is 3.76. The highest BCUT2D eigenvalue weighted by Crippen LogP contribution is 2.31. The molecular weight excluding hydrogens is 388 g/mol. The van der Waals surface area contributed by atoms with E-state index in [0.717, 1.165) is 29.5 Å². The first-order chi connectivity index (χ1) is 13.5. The van der Waals surface area contributed by atoms with Gasteiger partial charge in [-0.05, 0) is 42.8 Å². The Morgan fingerprint density at radius 3 is 2.54 bits per heavy atom. The van der Waals surface area contributed by atoms with Crippen molar-refractivity contribution in [1.82, 2.24) is 15.0 Å². The largest absolute Gasteiger partial charge is 0.497 e. The first-order valence-electron chi connectivity index (χ1n) is 8.38. The summed E-state index contributed by atoms with van der Waals surface area (Å²) in [4.78, 5) is 12.6. The van der Waals surface area contributed by atoms with Crippen molar-refractivity contribution in [3.63, 3.8) is 0 Å². The Morgan fingerprint density at radius 1 is 1.14 bits per heavy atom. The molecule has 0 radical (unpaired) electrons. The number of methoxy groups -OCH3 is 1. The Kier molecular flexibility index (Phi) is 6.25. The molecule has 0 spiro atoms. The lowest BCUT2D eigenvalue weighted by Gasteiger charge is -2.09. The van der Waals surface area contributed by atoms with Gasteiger partial charge in [-0.15, -0.1) is 5.10 Å². The summed E-state index contributed by atoms with van der Waals surface area (Å²) in [5.41, 5.74) is 0.915. The van der Waals surface area contributed by atoms with Gasteiger partial charge in [0, 0.05) is 4.90 Å². The fraction of sp³-hybridized carbons (Fsp3) is 0.211. The fourth-order valence-electron chi connectivity index (χ4n) is 2.39. The molecule has 1 aromatic heterocycles. The van der Waals surface area contributed by atoms with Gasteiger partial charge in [0.15, 0.2) is 11.6 Å². The van der Waals surface area contributed by atoms with Crippen molar-refractivity contribution in [2.24, 2.45) is 0 Å². The average Bonchev–Trinajstić information content (AvgIpc) is 3.08. The van der Waals surface area contributed by atoms with E-state index < -0.39 is 17.6 Å². The van der Waals surface area contributed by atoms with Crippen molar-refractivity contribution in [3.8, 4) is 5.75 Å². The highest BCUT2D eigenvalue weighted by atomic mass is 32.2. The highest BCUT2D eigenvalue weighted by Gasteiger charge is 2.22. The van der Waals surface area contributed by atoms with Gasteiger partial charge < -0.3 is 9.47 Å². The summed E-state index contributed by atoms with van der Waals surface area (Å²) in [5, 5.41) is 8.34. The first-order valence-corrected chi connectivity index (χ1v) is 9.20. The SMILES string of the molecule is CCOC(=O)c1nnn(Cc2ccc(OC)cc2)c1Sc1ccc(F)c(F)c1. The van der Waals surface area contributed by atoms with E-state index in [0.29, 0.717) is 22.2 Å². The van der Waals surface area contributed by atoms with Crippen LogP contribution in [-0.2, 0) is 11.3 Å². The number of halogens is 2. The van der Waals surface area contributed by atoms with Crippen molar-refractivity contribution in [1.29, 1.82) is 0 Å². The van der Waals surface area contributed by atoms with Gasteiger partial charge in [0.2, 0.25) is 5.69 Å². The second kappa shape index (κ2) is 8.83. The summed E-state index contributed by atoms with van der Waals surface area (Å²) in [6.45, 7) is 2.18. The second-order valence-corrected chi connectivity index (χ2v) is 6.71. The lowest BCUT2D eigenvalue weighted by Crippen LogP contribution is -2.08. The molecule has 146 valence electrons. The van der Waals surface area contributed by atoms with Gasteiger partial charge in [-0.3, -0.25) is 0 Å². The molecule has 0 N–H and O–H groups in total. The average molecular weight is 405 g/mol. The van der Waals surface area contributed by atoms with Crippen molar-refractivity contribution in [3.05, 3.63) is 65.4 Å². The Labute approximate surface area is 164 Å². The molecule has 0 aliphatic rings. The standard InChI is InChI=1S/C19H17F2N3O3S/c1-3-27-19(25)17-18(28-14-8-9-15(20)16(21)10-14)24(23-22-17)11-12-4-6-13(26-2)7-5-12/h4-10H,3,11H2,1-2H3.